The highest BCUT2D eigenvalue weighted by Gasteiger charge is 2.25. The van der Waals surface area contributed by atoms with Gasteiger partial charge >= 0.3 is 5.97 Å². The maximum atomic E-state index is 11.8. The number of benzene rings is 2. The second-order valence-corrected chi connectivity index (χ2v) is 6.66. The molecule has 0 unspecified atom stereocenters. The number of ether oxygens (including phenoxy) is 1. The zero-order valence-electron chi connectivity index (χ0n) is 19.6. The molecular formula is C25H36N4O2. The molecule has 6 nitrogen and oxygen atoms in total. The van der Waals surface area contributed by atoms with E-state index in [1.807, 2.05) is 69.3 Å². The average Bonchev–Trinajstić information content (AvgIpc) is 3.23. The molecule has 2 aromatic carbocycles. The van der Waals surface area contributed by atoms with Gasteiger partial charge in [-0.05, 0) is 32.0 Å². The molecule has 4 rings (SSSR count). The first kappa shape index (κ1) is 25.8. The third-order valence-electron chi connectivity index (χ3n) is 4.06. The standard InChI is InChI=1S/C13H13N3O2.C7H9N.C3H8.C2H6/c1-2-18-13(17)12-9-7-14-10-6-4-3-5-8(10)11(9)15-16-12;1-6-2-4-7(8)5-3-6;1-3-2;1-2/h3-6,14H,2,7H2,1H3,(H,15,16);2-5H,8H2,1H3;3H2,1-2H3;1-2H3. The number of hydrogen-bond acceptors (Lipinski definition) is 5. The fraction of sp³-hybridized carbons (Fsp3) is 0.360. The lowest BCUT2D eigenvalue weighted by Gasteiger charge is -2.17. The number of nitrogens with zero attached hydrogens (tertiary/aromatic N) is 1. The maximum Gasteiger partial charge on any atom is 0.356 e. The Labute approximate surface area is 186 Å². The molecule has 0 atom stereocenters. The minimum Gasteiger partial charge on any atom is -0.461 e. The molecule has 2 heterocycles. The summed E-state index contributed by atoms with van der Waals surface area (Å²) in [6, 6.07) is 15.7. The van der Waals surface area contributed by atoms with E-state index in [1.165, 1.54) is 12.0 Å². The molecule has 0 amide bonds. The number of nitrogens with one attached hydrogen (secondary N) is 2. The summed E-state index contributed by atoms with van der Waals surface area (Å²) in [5.74, 6) is -0.354. The molecule has 3 aromatic rings. The molecule has 4 N–H and O–H groups in total. The SMILES string of the molecule is CC.CCC.CCOC(=O)c1[nH]nc2c1CNc1ccccc1-2.Cc1ccc(N)cc1. The van der Waals surface area contributed by atoms with Crippen molar-refractivity contribution in [2.75, 3.05) is 17.7 Å². The topological polar surface area (TPSA) is 93.0 Å². The van der Waals surface area contributed by atoms with Gasteiger partial charge in [-0.2, -0.15) is 5.10 Å². The molecule has 0 saturated heterocycles. The highest BCUT2D eigenvalue weighted by Crippen LogP contribution is 2.35. The van der Waals surface area contributed by atoms with Gasteiger partial charge in [0.1, 0.15) is 5.69 Å². The summed E-state index contributed by atoms with van der Waals surface area (Å²) < 4.78 is 5.00. The number of anilines is 2. The second kappa shape index (κ2) is 13.9. The molecule has 0 bridgehead atoms. The van der Waals surface area contributed by atoms with Crippen LogP contribution in [-0.2, 0) is 11.3 Å². The number of esters is 1. The van der Waals surface area contributed by atoms with E-state index in [0.29, 0.717) is 18.8 Å². The summed E-state index contributed by atoms with van der Waals surface area (Å²) in [6.07, 6.45) is 1.25. The second-order valence-electron chi connectivity index (χ2n) is 6.66. The van der Waals surface area contributed by atoms with E-state index >= 15 is 0 Å². The van der Waals surface area contributed by atoms with Crippen LogP contribution in [0.2, 0.25) is 0 Å². The first-order chi connectivity index (χ1) is 15.0. The Balaban J connectivity index is 0.000000309. The van der Waals surface area contributed by atoms with Crippen LogP contribution < -0.4 is 11.1 Å². The molecule has 168 valence electrons. The highest BCUT2D eigenvalue weighted by molar-refractivity contribution is 5.93. The summed E-state index contributed by atoms with van der Waals surface area (Å²) in [4.78, 5) is 11.8. The van der Waals surface area contributed by atoms with Crippen molar-refractivity contribution < 1.29 is 9.53 Å². The Morgan fingerprint density at radius 3 is 2.26 bits per heavy atom. The van der Waals surface area contributed by atoms with Crippen molar-refractivity contribution in [2.45, 2.75) is 54.5 Å². The highest BCUT2D eigenvalue weighted by atomic mass is 16.5. The predicted molar refractivity (Wildman–Crippen MR) is 130 cm³/mol. The van der Waals surface area contributed by atoms with Crippen LogP contribution in [0.5, 0.6) is 0 Å². The lowest BCUT2D eigenvalue weighted by Crippen LogP contribution is -2.13. The Hall–Kier alpha value is -3.28. The number of nitrogens with two attached hydrogens (primary N) is 1. The monoisotopic (exact) mass is 424 g/mol. The van der Waals surface area contributed by atoms with Crippen molar-refractivity contribution in [3.05, 3.63) is 65.4 Å². The van der Waals surface area contributed by atoms with Crippen LogP contribution in [-0.4, -0.2) is 22.8 Å². The number of carbonyl (C=O) groups is 1. The van der Waals surface area contributed by atoms with Crippen LogP contribution in [0.4, 0.5) is 11.4 Å². The number of para-hydroxylation sites is 1. The summed E-state index contributed by atoms with van der Waals surface area (Å²) in [5, 5.41) is 10.3. The molecule has 1 aliphatic heterocycles. The first-order valence-electron chi connectivity index (χ1n) is 10.9. The Morgan fingerprint density at radius 1 is 1.06 bits per heavy atom. The maximum absolute atomic E-state index is 11.8. The molecule has 6 heteroatoms. The Kier molecular flexibility index (Phi) is 11.5. The number of carbonyl (C=O) groups excluding carboxylic acids is 1. The van der Waals surface area contributed by atoms with E-state index in [4.69, 9.17) is 10.5 Å². The van der Waals surface area contributed by atoms with Gasteiger partial charge in [-0.15, -0.1) is 0 Å². The molecular weight excluding hydrogens is 388 g/mol. The van der Waals surface area contributed by atoms with Gasteiger partial charge < -0.3 is 15.8 Å². The van der Waals surface area contributed by atoms with Gasteiger partial charge in [-0.25, -0.2) is 4.79 Å². The summed E-state index contributed by atoms with van der Waals surface area (Å²) in [6.45, 7) is 13.0. The number of aryl methyl sites for hydroxylation is 1. The van der Waals surface area contributed by atoms with Gasteiger partial charge in [0.2, 0.25) is 0 Å². The van der Waals surface area contributed by atoms with E-state index in [-0.39, 0.29) is 5.97 Å². The van der Waals surface area contributed by atoms with E-state index in [2.05, 4.69) is 29.4 Å². The van der Waals surface area contributed by atoms with Crippen LogP contribution >= 0.6 is 0 Å². The number of aromatic amines is 1. The van der Waals surface area contributed by atoms with Gasteiger partial charge in [0.25, 0.3) is 0 Å². The van der Waals surface area contributed by atoms with E-state index in [9.17, 15) is 4.79 Å². The minimum atomic E-state index is -0.354. The molecule has 0 spiro atoms. The largest absolute Gasteiger partial charge is 0.461 e. The molecule has 1 aliphatic rings. The van der Waals surface area contributed by atoms with Crippen LogP contribution in [0.15, 0.2) is 48.5 Å². The van der Waals surface area contributed by atoms with E-state index in [0.717, 1.165) is 28.2 Å². The van der Waals surface area contributed by atoms with Crippen LogP contribution in [0.25, 0.3) is 11.3 Å². The fourth-order valence-corrected chi connectivity index (χ4v) is 2.73. The predicted octanol–water partition coefficient (Wildman–Crippen LogP) is 6.20. The Bertz CT molecular complexity index is 897. The van der Waals surface area contributed by atoms with E-state index < -0.39 is 0 Å². The average molecular weight is 425 g/mol. The van der Waals surface area contributed by atoms with Gasteiger partial charge in [0.15, 0.2) is 0 Å². The van der Waals surface area contributed by atoms with Crippen molar-refractivity contribution >= 4 is 17.3 Å². The zero-order chi connectivity index (χ0) is 23.2. The Morgan fingerprint density at radius 2 is 1.68 bits per heavy atom. The van der Waals surface area contributed by atoms with Gasteiger partial charge in [-0.3, -0.25) is 5.10 Å². The molecule has 31 heavy (non-hydrogen) atoms. The number of fused-ring (bicyclic) bond motifs is 3. The van der Waals surface area contributed by atoms with Gasteiger partial charge in [0, 0.05) is 29.0 Å². The van der Waals surface area contributed by atoms with Crippen LogP contribution in [0.3, 0.4) is 0 Å². The normalized spacial score (nSPS) is 10.3. The third-order valence-corrected chi connectivity index (χ3v) is 4.06. The molecule has 0 radical (unpaired) electrons. The number of nitrogen functional groups attached to an aromatic ring is 1. The summed E-state index contributed by atoms with van der Waals surface area (Å²) in [7, 11) is 0. The summed E-state index contributed by atoms with van der Waals surface area (Å²) in [5.41, 5.74) is 11.7. The smallest absolute Gasteiger partial charge is 0.356 e. The van der Waals surface area contributed by atoms with Crippen molar-refractivity contribution in [3.63, 3.8) is 0 Å². The number of aromatic nitrogens is 2. The van der Waals surface area contributed by atoms with Gasteiger partial charge in [-0.1, -0.05) is 70.0 Å². The lowest BCUT2D eigenvalue weighted by molar-refractivity contribution is 0.0518. The van der Waals surface area contributed by atoms with Crippen molar-refractivity contribution in [2.24, 2.45) is 0 Å². The van der Waals surface area contributed by atoms with Crippen LogP contribution in [0.1, 0.15) is 62.7 Å². The van der Waals surface area contributed by atoms with Crippen molar-refractivity contribution in [1.82, 2.24) is 10.2 Å². The number of hydrogen-bond donors (Lipinski definition) is 3. The quantitative estimate of drug-likeness (QED) is 0.336. The van der Waals surface area contributed by atoms with Crippen molar-refractivity contribution in [3.8, 4) is 11.3 Å². The third kappa shape index (κ3) is 7.48. The molecule has 1 aromatic heterocycles. The van der Waals surface area contributed by atoms with Gasteiger partial charge in [0.05, 0.1) is 12.3 Å². The van der Waals surface area contributed by atoms with Crippen molar-refractivity contribution in [1.29, 1.82) is 0 Å². The van der Waals surface area contributed by atoms with E-state index in [1.54, 1.807) is 6.92 Å². The number of rotatable bonds is 2. The van der Waals surface area contributed by atoms with Crippen LogP contribution in [0, 0.1) is 6.92 Å². The first-order valence-corrected chi connectivity index (χ1v) is 10.9. The zero-order valence-corrected chi connectivity index (χ0v) is 19.6. The lowest BCUT2D eigenvalue weighted by atomic mass is 10.00. The minimum absolute atomic E-state index is 0.354. The molecule has 0 aliphatic carbocycles. The number of H-pyrrole nitrogens is 1. The summed E-state index contributed by atoms with van der Waals surface area (Å²) >= 11 is 0. The molecule has 0 saturated carbocycles. The fourth-order valence-electron chi connectivity index (χ4n) is 2.73. The molecule has 0 fully saturated rings.